The first-order valence-corrected chi connectivity index (χ1v) is 5.02. The standard InChI is InChI=1S/C9H7N5S/c1-6-12-9(14-13-6)15-8-2-3-11-7(4-8)5-10/h2-4H,1H3,(H,12,13,14). The van der Waals surface area contributed by atoms with Crippen molar-refractivity contribution in [2.45, 2.75) is 17.0 Å². The molecule has 0 amide bonds. The summed E-state index contributed by atoms with van der Waals surface area (Å²) in [6.45, 7) is 1.84. The zero-order valence-corrected chi connectivity index (χ0v) is 8.75. The minimum atomic E-state index is 0.396. The molecule has 74 valence electrons. The molecule has 0 aliphatic rings. The van der Waals surface area contributed by atoms with Gasteiger partial charge in [-0.3, -0.25) is 5.10 Å². The van der Waals surface area contributed by atoms with E-state index in [0.717, 1.165) is 10.7 Å². The summed E-state index contributed by atoms with van der Waals surface area (Å²) in [5, 5.41) is 16.1. The second kappa shape index (κ2) is 4.11. The third-order valence-electron chi connectivity index (χ3n) is 1.63. The Balaban J connectivity index is 2.21. The fraction of sp³-hybridized carbons (Fsp3) is 0.111. The Morgan fingerprint density at radius 1 is 1.53 bits per heavy atom. The number of hydrogen-bond donors (Lipinski definition) is 1. The van der Waals surface area contributed by atoms with Crippen LogP contribution in [0, 0.1) is 18.3 Å². The van der Waals surface area contributed by atoms with Crippen LogP contribution in [-0.2, 0) is 0 Å². The van der Waals surface area contributed by atoms with E-state index in [1.165, 1.54) is 11.8 Å². The lowest BCUT2D eigenvalue weighted by molar-refractivity contribution is 0.969. The summed E-state index contributed by atoms with van der Waals surface area (Å²) < 4.78 is 0. The summed E-state index contributed by atoms with van der Waals surface area (Å²) in [4.78, 5) is 8.94. The van der Waals surface area contributed by atoms with Crippen molar-refractivity contribution in [2.24, 2.45) is 0 Å². The Morgan fingerprint density at radius 3 is 3.07 bits per heavy atom. The SMILES string of the molecule is Cc1nc(Sc2ccnc(C#N)c2)n[nH]1. The molecule has 0 aliphatic carbocycles. The van der Waals surface area contributed by atoms with Crippen molar-refractivity contribution in [3.05, 3.63) is 29.8 Å². The summed E-state index contributed by atoms with van der Waals surface area (Å²) in [5.74, 6) is 0.770. The highest BCUT2D eigenvalue weighted by atomic mass is 32.2. The zero-order chi connectivity index (χ0) is 10.7. The van der Waals surface area contributed by atoms with Crippen molar-refractivity contribution in [1.29, 1.82) is 5.26 Å². The quantitative estimate of drug-likeness (QED) is 0.825. The Kier molecular flexibility index (Phi) is 2.65. The molecule has 0 bridgehead atoms. The van der Waals surface area contributed by atoms with Crippen LogP contribution in [0.2, 0.25) is 0 Å². The van der Waals surface area contributed by atoms with Gasteiger partial charge in [-0.15, -0.1) is 5.10 Å². The van der Waals surface area contributed by atoms with E-state index in [1.54, 1.807) is 12.3 Å². The number of aryl methyl sites for hydroxylation is 1. The monoisotopic (exact) mass is 217 g/mol. The highest BCUT2D eigenvalue weighted by Gasteiger charge is 2.03. The second-order valence-electron chi connectivity index (χ2n) is 2.79. The Bertz CT molecular complexity index is 513. The average molecular weight is 217 g/mol. The maximum absolute atomic E-state index is 8.67. The van der Waals surface area contributed by atoms with Gasteiger partial charge in [0.25, 0.3) is 0 Å². The molecule has 1 N–H and O–H groups in total. The van der Waals surface area contributed by atoms with Crippen LogP contribution in [0.1, 0.15) is 11.5 Å². The first-order chi connectivity index (χ1) is 7.28. The predicted octanol–water partition coefficient (Wildman–Crippen LogP) is 1.53. The molecule has 0 spiro atoms. The van der Waals surface area contributed by atoms with Crippen LogP contribution in [0.15, 0.2) is 28.4 Å². The Hall–Kier alpha value is -1.87. The molecule has 2 heterocycles. The number of aromatic nitrogens is 4. The molecule has 0 atom stereocenters. The number of hydrogen-bond acceptors (Lipinski definition) is 5. The van der Waals surface area contributed by atoms with Crippen LogP contribution in [0.5, 0.6) is 0 Å². The van der Waals surface area contributed by atoms with E-state index >= 15 is 0 Å². The third-order valence-corrected chi connectivity index (χ3v) is 2.49. The van der Waals surface area contributed by atoms with Crippen molar-refractivity contribution in [3.63, 3.8) is 0 Å². The number of aromatic amines is 1. The van der Waals surface area contributed by atoms with E-state index in [0.29, 0.717) is 10.9 Å². The molecule has 0 radical (unpaired) electrons. The lowest BCUT2D eigenvalue weighted by Gasteiger charge is -1.95. The molecule has 0 aliphatic heterocycles. The lowest BCUT2D eigenvalue weighted by atomic mass is 10.4. The number of nitrogens with zero attached hydrogens (tertiary/aromatic N) is 4. The Morgan fingerprint density at radius 2 is 2.40 bits per heavy atom. The van der Waals surface area contributed by atoms with Crippen LogP contribution in [0.25, 0.3) is 0 Å². The second-order valence-corrected chi connectivity index (χ2v) is 3.83. The van der Waals surface area contributed by atoms with Gasteiger partial charge in [-0.05, 0) is 30.8 Å². The number of nitriles is 1. The lowest BCUT2D eigenvalue weighted by Crippen LogP contribution is -1.82. The van der Waals surface area contributed by atoms with Crippen LogP contribution < -0.4 is 0 Å². The van der Waals surface area contributed by atoms with Gasteiger partial charge < -0.3 is 0 Å². The average Bonchev–Trinajstić information content (AvgIpc) is 2.64. The number of H-pyrrole nitrogens is 1. The van der Waals surface area contributed by atoms with Crippen LogP contribution >= 0.6 is 11.8 Å². The highest BCUT2D eigenvalue weighted by Crippen LogP contribution is 2.23. The summed E-state index contributed by atoms with van der Waals surface area (Å²) >= 11 is 1.39. The van der Waals surface area contributed by atoms with Gasteiger partial charge in [0.2, 0.25) is 5.16 Å². The van der Waals surface area contributed by atoms with Gasteiger partial charge in [0.15, 0.2) is 0 Å². The largest absolute Gasteiger partial charge is 0.262 e. The predicted molar refractivity (Wildman–Crippen MR) is 54.2 cm³/mol. The van der Waals surface area contributed by atoms with Crippen molar-refractivity contribution < 1.29 is 0 Å². The smallest absolute Gasteiger partial charge is 0.213 e. The molecule has 0 aromatic carbocycles. The first kappa shape index (κ1) is 9.68. The van der Waals surface area contributed by atoms with Gasteiger partial charge in [0.1, 0.15) is 17.6 Å². The van der Waals surface area contributed by atoms with Crippen molar-refractivity contribution in [3.8, 4) is 6.07 Å². The zero-order valence-electron chi connectivity index (χ0n) is 7.93. The molecular weight excluding hydrogens is 210 g/mol. The summed E-state index contributed by atoms with van der Waals surface area (Å²) in [6, 6.07) is 5.51. The first-order valence-electron chi connectivity index (χ1n) is 4.21. The maximum Gasteiger partial charge on any atom is 0.213 e. The van der Waals surface area contributed by atoms with E-state index in [4.69, 9.17) is 5.26 Å². The van der Waals surface area contributed by atoms with Crippen LogP contribution in [0.4, 0.5) is 0 Å². The normalized spacial score (nSPS) is 9.87. The fourth-order valence-electron chi connectivity index (χ4n) is 1.01. The van der Waals surface area contributed by atoms with Gasteiger partial charge >= 0.3 is 0 Å². The van der Waals surface area contributed by atoms with Gasteiger partial charge in [-0.1, -0.05) is 0 Å². The van der Waals surface area contributed by atoms with Gasteiger partial charge in [0, 0.05) is 11.1 Å². The summed E-state index contributed by atoms with van der Waals surface area (Å²) in [6.07, 6.45) is 1.60. The highest BCUT2D eigenvalue weighted by molar-refractivity contribution is 7.99. The minimum absolute atomic E-state index is 0.396. The molecule has 6 heteroatoms. The molecule has 2 aromatic heterocycles. The molecular formula is C9H7N5S. The number of pyridine rings is 1. The van der Waals surface area contributed by atoms with E-state index in [-0.39, 0.29) is 0 Å². The minimum Gasteiger partial charge on any atom is -0.262 e. The Labute approximate surface area is 90.6 Å². The molecule has 0 saturated carbocycles. The van der Waals surface area contributed by atoms with Gasteiger partial charge in [-0.25, -0.2) is 9.97 Å². The van der Waals surface area contributed by atoms with Crippen LogP contribution in [0.3, 0.4) is 0 Å². The van der Waals surface area contributed by atoms with Crippen molar-refractivity contribution >= 4 is 11.8 Å². The molecule has 5 nitrogen and oxygen atoms in total. The molecule has 2 rings (SSSR count). The van der Waals surface area contributed by atoms with E-state index in [9.17, 15) is 0 Å². The van der Waals surface area contributed by atoms with E-state index in [1.807, 2.05) is 19.1 Å². The van der Waals surface area contributed by atoms with Gasteiger partial charge in [-0.2, -0.15) is 5.26 Å². The molecule has 0 unspecified atom stereocenters. The number of rotatable bonds is 2. The molecule has 0 saturated heterocycles. The van der Waals surface area contributed by atoms with Crippen LogP contribution in [-0.4, -0.2) is 20.2 Å². The van der Waals surface area contributed by atoms with Gasteiger partial charge in [0.05, 0.1) is 0 Å². The van der Waals surface area contributed by atoms with Crippen molar-refractivity contribution in [1.82, 2.24) is 20.2 Å². The summed E-state index contributed by atoms with van der Waals surface area (Å²) in [5.41, 5.74) is 0.396. The number of nitrogens with one attached hydrogen (secondary N) is 1. The van der Waals surface area contributed by atoms with E-state index < -0.39 is 0 Å². The molecule has 0 fully saturated rings. The summed E-state index contributed by atoms with van der Waals surface area (Å²) in [7, 11) is 0. The fourth-order valence-corrected chi connectivity index (χ4v) is 1.79. The maximum atomic E-state index is 8.67. The van der Waals surface area contributed by atoms with E-state index in [2.05, 4.69) is 20.2 Å². The topological polar surface area (TPSA) is 78.2 Å². The third kappa shape index (κ3) is 2.33. The molecule has 2 aromatic rings. The molecule has 15 heavy (non-hydrogen) atoms. The van der Waals surface area contributed by atoms with Crippen molar-refractivity contribution in [2.75, 3.05) is 0 Å².